The van der Waals surface area contributed by atoms with Crippen LogP contribution >= 0.6 is 0 Å². The Hall–Kier alpha value is -1.92. The van der Waals surface area contributed by atoms with Crippen LogP contribution in [0.15, 0.2) is 12.1 Å². The van der Waals surface area contributed by atoms with E-state index in [1.165, 1.54) is 24.0 Å². The van der Waals surface area contributed by atoms with Crippen LogP contribution in [0, 0.1) is 11.8 Å². The van der Waals surface area contributed by atoms with E-state index in [1.54, 1.807) is 0 Å². The van der Waals surface area contributed by atoms with E-state index >= 15 is 0 Å². The summed E-state index contributed by atoms with van der Waals surface area (Å²) in [5, 5.41) is 0. The summed E-state index contributed by atoms with van der Waals surface area (Å²) >= 11 is 0. The minimum atomic E-state index is -0.205. The molecule has 1 amide bonds. The summed E-state index contributed by atoms with van der Waals surface area (Å²) < 4.78 is 17.3. The molecule has 2 heterocycles. The third kappa shape index (κ3) is 5.22. The number of ether oxygens (including phenoxy) is 3. The average Bonchev–Trinajstić information content (AvgIpc) is 3.30. The average molecular weight is 498 g/mol. The predicted octanol–water partition coefficient (Wildman–Crippen LogP) is 5.06. The third-order valence-electron chi connectivity index (χ3n) is 9.29. The van der Waals surface area contributed by atoms with Crippen molar-refractivity contribution >= 4 is 11.9 Å². The molecule has 0 aromatic heterocycles. The second-order valence-corrected chi connectivity index (χ2v) is 11.4. The normalized spacial score (nSPS) is 29.3. The van der Waals surface area contributed by atoms with E-state index in [9.17, 15) is 9.59 Å². The number of carbonyl (C=O) groups excluding carboxylic acids is 2. The van der Waals surface area contributed by atoms with Gasteiger partial charge in [-0.2, -0.15) is 0 Å². The summed E-state index contributed by atoms with van der Waals surface area (Å²) in [4.78, 5) is 27.7. The minimum Gasteiger partial charge on any atom is -0.462 e. The lowest BCUT2D eigenvalue weighted by Crippen LogP contribution is -2.44. The molecule has 1 aromatic carbocycles. The Balaban J connectivity index is 1.35. The fourth-order valence-electron chi connectivity index (χ4n) is 7.26. The fourth-order valence-corrected chi connectivity index (χ4v) is 7.26. The van der Waals surface area contributed by atoms with E-state index in [0.717, 1.165) is 57.1 Å². The molecule has 0 radical (unpaired) electrons. The molecule has 0 unspecified atom stereocenters. The second kappa shape index (κ2) is 11.2. The quantitative estimate of drug-likeness (QED) is 0.371. The summed E-state index contributed by atoms with van der Waals surface area (Å²) in [6, 6.07) is 4.46. The molecule has 36 heavy (non-hydrogen) atoms. The van der Waals surface area contributed by atoms with E-state index < -0.39 is 0 Å². The number of fused-ring (bicyclic) bond motifs is 5. The monoisotopic (exact) mass is 497 g/mol. The summed E-state index contributed by atoms with van der Waals surface area (Å²) in [5.41, 5.74) is 4.59. The van der Waals surface area contributed by atoms with Gasteiger partial charge in [-0.1, -0.05) is 19.4 Å². The lowest BCUT2D eigenvalue weighted by molar-refractivity contribution is -0.135. The van der Waals surface area contributed by atoms with Crippen LogP contribution in [0.3, 0.4) is 0 Å². The van der Waals surface area contributed by atoms with Gasteiger partial charge in [0.1, 0.15) is 0 Å². The van der Waals surface area contributed by atoms with E-state index in [-0.39, 0.29) is 17.5 Å². The molecular weight excluding hydrogens is 454 g/mol. The van der Waals surface area contributed by atoms with Gasteiger partial charge in [-0.3, -0.25) is 4.79 Å². The van der Waals surface area contributed by atoms with Gasteiger partial charge in [0, 0.05) is 26.1 Å². The largest absolute Gasteiger partial charge is 0.462 e. The van der Waals surface area contributed by atoms with Crippen molar-refractivity contribution in [3.8, 4) is 0 Å². The number of esters is 1. The molecule has 0 spiro atoms. The number of morpholine rings is 1. The Labute approximate surface area is 216 Å². The molecule has 198 valence electrons. The van der Waals surface area contributed by atoms with Gasteiger partial charge in [0.05, 0.1) is 31.0 Å². The molecule has 6 nitrogen and oxygen atoms in total. The molecule has 1 aromatic rings. The Morgan fingerprint density at radius 2 is 1.94 bits per heavy atom. The number of unbranched alkanes of at least 4 members (excludes halogenated alkanes) is 1. The minimum absolute atomic E-state index is 0.0460. The molecular formula is C30H43NO5. The van der Waals surface area contributed by atoms with Crippen molar-refractivity contribution in [2.75, 3.05) is 39.5 Å². The van der Waals surface area contributed by atoms with Crippen molar-refractivity contribution in [2.24, 2.45) is 11.8 Å². The lowest BCUT2D eigenvalue weighted by Gasteiger charge is -2.48. The first-order valence-corrected chi connectivity index (χ1v) is 14.3. The van der Waals surface area contributed by atoms with Crippen molar-refractivity contribution in [3.05, 3.63) is 34.4 Å². The smallest absolute Gasteiger partial charge is 0.338 e. The zero-order valence-corrected chi connectivity index (χ0v) is 22.2. The topological polar surface area (TPSA) is 65.1 Å². The Bertz CT molecular complexity index is 955. The molecule has 6 heteroatoms. The van der Waals surface area contributed by atoms with Crippen molar-refractivity contribution in [3.63, 3.8) is 0 Å². The molecule has 2 saturated heterocycles. The highest BCUT2D eigenvalue weighted by Gasteiger charge is 2.51. The number of carbonyl (C=O) groups is 2. The van der Waals surface area contributed by atoms with E-state index in [0.29, 0.717) is 62.6 Å². The fraction of sp³-hybridized carbons (Fsp3) is 0.733. The Morgan fingerprint density at radius 3 is 2.75 bits per heavy atom. The summed E-state index contributed by atoms with van der Waals surface area (Å²) in [6.45, 7) is 8.39. The molecule has 0 bridgehead atoms. The molecule has 2 aliphatic carbocycles. The van der Waals surface area contributed by atoms with Gasteiger partial charge in [0.25, 0.3) is 0 Å². The molecule has 5 rings (SSSR count). The van der Waals surface area contributed by atoms with Crippen LogP contribution in [0.2, 0.25) is 0 Å². The van der Waals surface area contributed by atoms with Crippen LogP contribution in [-0.4, -0.2) is 61.9 Å². The maximum absolute atomic E-state index is 13.1. The SMILES string of the molecule is CCCCOC(=O)c1cc2c(cc1CCCC(=O)N1CCOCC1)[C@H]1CC[C@]3(C)OCC[C@H]3[C@@H]1CC2. The highest BCUT2D eigenvalue weighted by Crippen LogP contribution is 2.55. The first-order valence-electron chi connectivity index (χ1n) is 14.3. The number of rotatable bonds is 8. The number of nitrogens with zero attached hydrogens (tertiary/aromatic N) is 1. The Kier molecular flexibility index (Phi) is 8.02. The van der Waals surface area contributed by atoms with Crippen molar-refractivity contribution in [1.29, 1.82) is 0 Å². The van der Waals surface area contributed by atoms with Crippen molar-refractivity contribution < 1.29 is 23.8 Å². The van der Waals surface area contributed by atoms with E-state index in [1.807, 2.05) is 4.90 Å². The molecule has 4 aliphatic rings. The zero-order valence-electron chi connectivity index (χ0n) is 22.2. The number of aryl methyl sites for hydroxylation is 2. The molecule has 3 fully saturated rings. The van der Waals surface area contributed by atoms with Crippen LogP contribution in [0.5, 0.6) is 0 Å². The second-order valence-electron chi connectivity index (χ2n) is 11.4. The lowest BCUT2D eigenvalue weighted by atomic mass is 9.58. The number of hydrogen-bond donors (Lipinski definition) is 0. The summed E-state index contributed by atoms with van der Waals surface area (Å²) in [7, 11) is 0. The number of benzene rings is 1. The highest BCUT2D eigenvalue weighted by molar-refractivity contribution is 5.91. The van der Waals surface area contributed by atoms with Crippen LogP contribution in [0.4, 0.5) is 0 Å². The molecule has 0 N–H and O–H groups in total. The maximum Gasteiger partial charge on any atom is 0.338 e. The first-order chi connectivity index (χ1) is 17.5. The van der Waals surface area contributed by atoms with Crippen molar-refractivity contribution in [2.45, 2.75) is 89.6 Å². The van der Waals surface area contributed by atoms with Crippen molar-refractivity contribution in [1.82, 2.24) is 4.90 Å². The van der Waals surface area contributed by atoms with Crippen LogP contribution < -0.4 is 0 Å². The van der Waals surface area contributed by atoms with Gasteiger partial charge in [-0.25, -0.2) is 4.79 Å². The molecule has 4 atom stereocenters. The number of amides is 1. The van der Waals surface area contributed by atoms with Gasteiger partial charge in [0.2, 0.25) is 5.91 Å². The maximum atomic E-state index is 13.1. The third-order valence-corrected chi connectivity index (χ3v) is 9.29. The molecule has 1 saturated carbocycles. The van der Waals surface area contributed by atoms with Gasteiger partial charge in [0.15, 0.2) is 0 Å². The molecule has 2 aliphatic heterocycles. The standard InChI is InChI=1S/C30H43NO5/c1-3-4-15-35-29(33)26-20-22-8-9-24-23(10-12-30(2)27(24)11-16-36-30)25(22)19-21(26)6-5-7-28(32)31-13-17-34-18-14-31/h19-20,23-24,27H,3-18H2,1-2H3/t23-,24+,27-,30-/m0/s1. The van der Waals surface area contributed by atoms with Gasteiger partial charge in [-0.15, -0.1) is 0 Å². The van der Waals surface area contributed by atoms with Crippen LogP contribution in [0.1, 0.15) is 98.2 Å². The predicted molar refractivity (Wildman–Crippen MR) is 138 cm³/mol. The van der Waals surface area contributed by atoms with Crippen LogP contribution in [-0.2, 0) is 31.8 Å². The van der Waals surface area contributed by atoms with Gasteiger partial charge in [-0.05, 0) is 98.8 Å². The number of hydrogen-bond acceptors (Lipinski definition) is 5. The summed E-state index contributed by atoms with van der Waals surface area (Å²) in [5.74, 6) is 1.83. The zero-order chi connectivity index (χ0) is 25.1. The first kappa shape index (κ1) is 25.7. The van der Waals surface area contributed by atoms with Gasteiger partial charge >= 0.3 is 5.97 Å². The van der Waals surface area contributed by atoms with Gasteiger partial charge < -0.3 is 19.1 Å². The highest BCUT2D eigenvalue weighted by atomic mass is 16.5. The van der Waals surface area contributed by atoms with Crippen LogP contribution in [0.25, 0.3) is 0 Å². The van der Waals surface area contributed by atoms with E-state index in [2.05, 4.69) is 26.0 Å². The Morgan fingerprint density at radius 1 is 1.11 bits per heavy atom. The summed E-state index contributed by atoms with van der Waals surface area (Å²) in [6.07, 6.45) is 9.50. The van der Waals surface area contributed by atoms with E-state index in [4.69, 9.17) is 14.2 Å².